The molecular formula is C12H13NO3S. The minimum absolute atomic E-state index is 0.426. The number of rotatable bonds is 4. The highest BCUT2D eigenvalue weighted by atomic mass is 32.2. The lowest BCUT2D eigenvalue weighted by Gasteiger charge is -2.16. The van der Waals surface area contributed by atoms with E-state index < -0.39 is 11.4 Å². The van der Waals surface area contributed by atoms with Gasteiger partial charge in [0.25, 0.3) is 5.22 Å². The van der Waals surface area contributed by atoms with E-state index in [0.717, 1.165) is 11.1 Å². The molecule has 0 fully saturated rings. The maximum atomic E-state index is 11.0. The molecule has 0 unspecified atom stereocenters. The molecule has 4 nitrogen and oxygen atoms in total. The molecule has 1 aromatic heterocycles. The Morgan fingerprint density at radius 2 is 2.18 bits per heavy atom. The lowest BCUT2D eigenvalue weighted by atomic mass is 9.97. The number of thioether (sulfide) groups is 1. The largest absolute Gasteiger partial charge is 0.481 e. The molecular weight excluding hydrogens is 238 g/mol. The van der Waals surface area contributed by atoms with Crippen LogP contribution >= 0.6 is 11.8 Å². The molecule has 17 heavy (non-hydrogen) atoms. The Labute approximate surface area is 103 Å². The van der Waals surface area contributed by atoms with Crippen LogP contribution in [0.3, 0.4) is 0 Å². The minimum Gasteiger partial charge on any atom is -0.481 e. The van der Waals surface area contributed by atoms with Crippen molar-refractivity contribution in [3.8, 4) is 0 Å². The molecule has 90 valence electrons. The number of oxazole rings is 1. The number of aromatic nitrogens is 1. The third-order valence-electron chi connectivity index (χ3n) is 2.41. The molecule has 0 bridgehead atoms. The molecule has 0 spiro atoms. The smallest absolute Gasteiger partial charge is 0.309 e. The maximum absolute atomic E-state index is 11.0. The van der Waals surface area contributed by atoms with Gasteiger partial charge in [-0.2, -0.15) is 0 Å². The SMILES string of the molecule is CC(C)(CSc1nc2ccccc2o1)C(=O)O. The van der Waals surface area contributed by atoms with Gasteiger partial charge < -0.3 is 9.52 Å². The summed E-state index contributed by atoms with van der Waals surface area (Å²) in [7, 11) is 0. The average molecular weight is 251 g/mol. The van der Waals surface area contributed by atoms with E-state index >= 15 is 0 Å². The number of para-hydroxylation sites is 2. The molecule has 2 rings (SSSR count). The number of hydrogen-bond donors (Lipinski definition) is 1. The van der Waals surface area contributed by atoms with Gasteiger partial charge in [0.1, 0.15) is 5.52 Å². The molecule has 1 aromatic carbocycles. The van der Waals surface area contributed by atoms with Gasteiger partial charge in [-0.15, -0.1) is 0 Å². The molecule has 1 N–H and O–H groups in total. The van der Waals surface area contributed by atoms with E-state index in [1.807, 2.05) is 24.3 Å². The number of aliphatic carboxylic acids is 1. The lowest BCUT2D eigenvalue weighted by molar-refractivity contribution is -0.145. The summed E-state index contributed by atoms with van der Waals surface area (Å²) in [4.78, 5) is 15.2. The molecule has 0 saturated carbocycles. The Morgan fingerprint density at radius 1 is 1.47 bits per heavy atom. The van der Waals surface area contributed by atoms with Crippen molar-refractivity contribution >= 4 is 28.8 Å². The molecule has 0 aliphatic carbocycles. The van der Waals surface area contributed by atoms with Crippen LogP contribution in [-0.4, -0.2) is 21.8 Å². The molecule has 0 aliphatic heterocycles. The van der Waals surface area contributed by atoms with E-state index in [1.54, 1.807) is 13.8 Å². The van der Waals surface area contributed by atoms with E-state index in [0.29, 0.717) is 11.0 Å². The van der Waals surface area contributed by atoms with Crippen LogP contribution in [0.2, 0.25) is 0 Å². The van der Waals surface area contributed by atoms with Gasteiger partial charge in [-0.3, -0.25) is 4.79 Å². The molecule has 0 saturated heterocycles. The Bertz CT molecular complexity index is 514. The van der Waals surface area contributed by atoms with Gasteiger partial charge in [-0.1, -0.05) is 23.9 Å². The van der Waals surface area contributed by atoms with Gasteiger partial charge >= 0.3 is 5.97 Å². The molecule has 1 heterocycles. The third-order valence-corrected chi connectivity index (χ3v) is 3.70. The van der Waals surface area contributed by atoms with Crippen LogP contribution in [0.1, 0.15) is 13.8 Å². The fourth-order valence-corrected chi connectivity index (χ4v) is 2.14. The number of carboxylic acids is 1. The molecule has 0 amide bonds. The normalized spacial score (nSPS) is 11.9. The zero-order chi connectivity index (χ0) is 12.5. The first-order valence-corrected chi connectivity index (χ1v) is 6.19. The highest BCUT2D eigenvalue weighted by molar-refractivity contribution is 7.99. The molecule has 0 atom stereocenters. The summed E-state index contributed by atoms with van der Waals surface area (Å²) in [5.74, 6) is -0.393. The monoisotopic (exact) mass is 251 g/mol. The van der Waals surface area contributed by atoms with Crippen molar-refractivity contribution in [3.63, 3.8) is 0 Å². The van der Waals surface area contributed by atoms with Gasteiger partial charge in [0, 0.05) is 5.75 Å². The number of nitrogens with zero attached hydrogens (tertiary/aromatic N) is 1. The second kappa shape index (κ2) is 4.41. The highest BCUT2D eigenvalue weighted by Crippen LogP contribution is 2.29. The van der Waals surface area contributed by atoms with Gasteiger partial charge in [0.15, 0.2) is 5.58 Å². The number of carbonyl (C=O) groups is 1. The fourth-order valence-electron chi connectivity index (χ4n) is 1.22. The van der Waals surface area contributed by atoms with Crippen LogP contribution in [0, 0.1) is 5.41 Å². The number of benzene rings is 1. The van der Waals surface area contributed by atoms with Crippen molar-refractivity contribution in [1.82, 2.24) is 4.98 Å². The van der Waals surface area contributed by atoms with Gasteiger partial charge in [-0.25, -0.2) is 4.98 Å². The number of fused-ring (bicyclic) bond motifs is 1. The predicted molar refractivity (Wildman–Crippen MR) is 66.1 cm³/mol. The van der Waals surface area contributed by atoms with Crippen molar-refractivity contribution in [3.05, 3.63) is 24.3 Å². The first kappa shape index (κ1) is 12.0. The average Bonchev–Trinajstić information content (AvgIpc) is 2.69. The van der Waals surface area contributed by atoms with Crippen LogP contribution in [0.25, 0.3) is 11.1 Å². The molecule has 5 heteroatoms. The first-order valence-electron chi connectivity index (χ1n) is 5.21. The van der Waals surface area contributed by atoms with E-state index in [-0.39, 0.29) is 0 Å². The van der Waals surface area contributed by atoms with Crippen LogP contribution in [0.15, 0.2) is 33.9 Å². The van der Waals surface area contributed by atoms with Crippen molar-refractivity contribution in [1.29, 1.82) is 0 Å². The van der Waals surface area contributed by atoms with Crippen molar-refractivity contribution < 1.29 is 14.3 Å². The summed E-state index contributed by atoms with van der Waals surface area (Å²) >= 11 is 1.32. The maximum Gasteiger partial charge on any atom is 0.309 e. The topological polar surface area (TPSA) is 63.3 Å². The summed E-state index contributed by atoms with van der Waals surface area (Å²) in [6.07, 6.45) is 0. The Morgan fingerprint density at radius 3 is 2.82 bits per heavy atom. The summed E-state index contributed by atoms with van der Waals surface area (Å²) in [6, 6.07) is 7.48. The van der Waals surface area contributed by atoms with Crippen LogP contribution in [0.5, 0.6) is 0 Å². The summed E-state index contributed by atoms with van der Waals surface area (Å²) in [5.41, 5.74) is 0.733. The van der Waals surface area contributed by atoms with E-state index in [2.05, 4.69) is 4.98 Å². The van der Waals surface area contributed by atoms with Crippen molar-refractivity contribution in [2.24, 2.45) is 5.41 Å². The predicted octanol–water partition coefficient (Wildman–Crippen LogP) is 3.03. The minimum atomic E-state index is -0.818. The highest BCUT2D eigenvalue weighted by Gasteiger charge is 2.28. The van der Waals surface area contributed by atoms with Gasteiger partial charge in [0.05, 0.1) is 5.41 Å². The van der Waals surface area contributed by atoms with Crippen molar-refractivity contribution in [2.45, 2.75) is 19.1 Å². The molecule has 0 aliphatic rings. The summed E-state index contributed by atoms with van der Waals surface area (Å²) in [5, 5.41) is 9.51. The molecule has 2 aromatic rings. The van der Waals surface area contributed by atoms with E-state index in [9.17, 15) is 4.79 Å². The van der Waals surface area contributed by atoms with Crippen LogP contribution in [-0.2, 0) is 4.79 Å². The van der Waals surface area contributed by atoms with Gasteiger partial charge in [-0.05, 0) is 26.0 Å². The van der Waals surface area contributed by atoms with Gasteiger partial charge in [0.2, 0.25) is 0 Å². The van der Waals surface area contributed by atoms with Crippen LogP contribution in [0.4, 0.5) is 0 Å². The third kappa shape index (κ3) is 2.61. The second-order valence-electron chi connectivity index (χ2n) is 4.43. The van der Waals surface area contributed by atoms with Crippen LogP contribution < -0.4 is 0 Å². The number of hydrogen-bond acceptors (Lipinski definition) is 4. The lowest BCUT2D eigenvalue weighted by Crippen LogP contribution is -2.26. The standard InChI is InChI=1S/C12H13NO3S/c1-12(2,10(14)15)7-17-11-13-8-5-3-4-6-9(8)16-11/h3-6H,7H2,1-2H3,(H,14,15). The zero-order valence-electron chi connectivity index (χ0n) is 9.64. The van der Waals surface area contributed by atoms with E-state index in [1.165, 1.54) is 11.8 Å². The summed E-state index contributed by atoms with van der Waals surface area (Å²) < 4.78 is 5.50. The second-order valence-corrected chi connectivity index (χ2v) is 5.35. The number of carboxylic acid groups (broad SMARTS) is 1. The first-order chi connectivity index (χ1) is 7.99. The fraction of sp³-hybridized carbons (Fsp3) is 0.333. The Kier molecular flexibility index (Phi) is 3.11. The van der Waals surface area contributed by atoms with Crippen molar-refractivity contribution in [2.75, 3.05) is 5.75 Å². The Balaban J connectivity index is 2.12. The quantitative estimate of drug-likeness (QED) is 0.846. The molecule has 0 radical (unpaired) electrons. The summed E-state index contributed by atoms with van der Waals surface area (Å²) in [6.45, 7) is 3.37. The zero-order valence-corrected chi connectivity index (χ0v) is 10.5. The Hall–Kier alpha value is -1.49. The van der Waals surface area contributed by atoms with E-state index in [4.69, 9.17) is 9.52 Å².